The van der Waals surface area contributed by atoms with E-state index in [1.54, 1.807) is 0 Å². The van der Waals surface area contributed by atoms with Crippen molar-refractivity contribution >= 4 is 34.4 Å². The highest BCUT2D eigenvalue weighted by Crippen LogP contribution is 2.60. The van der Waals surface area contributed by atoms with Crippen LogP contribution in [-0.2, 0) is 14.9 Å². The summed E-state index contributed by atoms with van der Waals surface area (Å²) in [4.78, 5) is 11.9. The molecule has 140 valence electrons. The molecule has 1 aromatic rings. The summed E-state index contributed by atoms with van der Waals surface area (Å²) < 4.78 is 4.49. The number of nitrogens with two attached hydrogens (primary N) is 1. The maximum atomic E-state index is 11.9. The van der Waals surface area contributed by atoms with Crippen molar-refractivity contribution in [1.29, 1.82) is 0 Å². The topological polar surface area (TPSA) is 51.9 Å². The molecule has 6 heteroatoms. The molecule has 2 N–H and O–H groups in total. The fourth-order valence-corrected chi connectivity index (χ4v) is 4.98. The quantitative estimate of drug-likeness (QED) is 0.330. The summed E-state index contributed by atoms with van der Waals surface area (Å²) in [6.45, 7) is 8.66. The Morgan fingerprint density at radius 1 is 1.40 bits per heavy atom. The molecule has 1 aliphatic rings. The number of halogens is 2. The number of rotatable bonds is 5. The van der Waals surface area contributed by atoms with Crippen LogP contribution in [0.1, 0.15) is 51.7 Å². The van der Waals surface area contributed by atoms with Gasteiger partial charge in [0.2, 0.25) is 5.04 Å². The summed E-state index contributed by atoms with van der Waals surface area (Å²) in [7, 11) is 1.37. The highest BCUT2D eigenvalue weighted by Gasteiger charge is 2.62. The summed E-state index contributed by atoms with van der Waals surface area (Å²) in [6.07, 6.45) is 1.86. The van der Waals surface area contributed by atoms with Crippen LogP contribution < -0.4 is 17.8 Å². The predicted octanol–water partition coefficient (Wildman–Crippen LogP) is 0.176. The zero-order valence-corrected chi connectivity index (χ0v) is 17.8. The van der Waals surface area contributed by atoms with E-state index in [2.05, 4.69) is 39.8 Å². The van der Waals surface area contributed by atoms with Crippen molar-refractivity contribution in [2.24, 2.45) is 5.92 Å². The van der Waals surface area contributed by atoms with Crippen LogP contribution in [0.3, 0.4) is 0 Å². The van der Waals surface area contributed by atoms with Crippen molar-refractivity contribution in [3.63, 3.8) is 0 Å². The van der Waals surface area contributed by atoms with Gasteiger partial charge in [-0.2, -0.15) is 0 Å². The van der Waals surface area contributed by atoms with Gasteiger partial charge in [0.05, 0.1) is 17.4 Å². The molecule has 0 bridgehead atoms. The molecule has 0 spiro atoms. The minimum Gasteiger partial charge on any atom is -1.00 e. The Labute approximate surface area is 166 Å². The Bertz CT molecular complexity index is 627. The molecule has 1 aromatic carbocycles. The standard InChI is InChI=1S/C19H26ClNO2S.ClH/c1-6-13-11-19(13,15(20)17(22)23-5)24-16(21)12-7-9-14(10-8-12)18(2,3)4;/h7-10,13,15,21H,6,11H2,1-5H3;1H. The maximum Gasteiger partial charge on any atom is 0.325 e. The molecule has 1 aliphatic carbocycles. The number of ether oxygens (including phenoxy) is 1. The molecule has 0 aliphatic heterocycles. The molecule has 0 saturated heterocycles. The van der Waals surface area contributed by atoms with E-state index in [1.807, 2.05) is 12.1 Å². The molecule has 0 heterocycles. The van der Waals surface area contributed by atoms with Crippen LogP contribution in [0, 0.1) is 5.92 Å². The third-order valence-electron chi connectivity index (χ3n) is 4.76. The van der Waals surface area contributed by atoms with E-state index >= 15 is 0 Å². The van der Waals surface area contributed by atoms with E-state index in [0.29, 0.717) is 11.0 Å². The molecule has 1 fully saturated rings. The van der Waals surface area contributed by atoms with E-state index in [9.17, 15) is 4.79 Å². The summed E-state index contributed by atoms with van der Waals surface area (Å²) in [5.74, 6) is 0.00694. The Morgan fingerprint density at radius 2 is 1.96 bits per heavy atom. The monoisotopic (exact) mass is 403 g/mol. The van der Waals surface area contributed by atoms with Crippen molar-refractivity contribution in [3.8, 4) is 0 Å². The summed E-state index contributed by atoms with van der Waals surface area (Å²) in [5, 5.41) is 6.38. The minimum absolute atomic E-state index is 0. The van der Waals surface area contributed by atoms with E-state index in [1.165, 1.54) is 24.4 Å². The predicted molar refractivity (Wildman–Crippen MR) is 102 cm³/mol. The van der Waals surface area contributed by atoms with Crippen molar-refractivity contribution in [2.45, 2.75) is 56.1 Å². The van der Waals surface area contributed by atoms with Gasteiger partial charge in [0, 0.05) is 0 Å². The average Bonchev–Trinajstić information content (AvgIpc) is 3.26. The average molecular weight is 404 g/mol. The first kappa shape index (κ1) is 22.3. The lowest BCUT2D eigenvalue weighted by Gasteiger charge is -2.20. The van der Waals surface area contributed by atoms with Gasteiger partial charge in [-0.3, -0.25) is 4.79 Å². The first-order chi connectivity index (χ1) is 11.2. The first-order valence-corrected chi connectivity index (χ1v) is 9.55. The lowest BCUT2D eigenvalue weighted by atomic mass is 9.87. The van der Waals surface area contributed by atoms with Gasteiger partial charge >= 0.3 is 5.97 Å². The number of hydrogen-bond donors (Lipinski definition) is 1. The molecule has 25 heavy (non-hydrogen) atoms. The second-order valence-electron chi connectivity index (χ2n) is 7.44. The SMILES string of the molecule is CCC1CC1(SC(=[NH2+])c1ccc(C(C)(C)C)cc1)C(Cl)C(=O)OC.[Cl-]. The molecule has 1 saturated carbocycles. The molecule has 3 unspecified atom stereocenters. The molecule has 3 atom stereocenters. The number of methoxy groups -OCH3 is 1. The van der Waals surface area contributed by atoms with Gasteiger partial charge in [-0.15, -0.1) is 11.6 Å². The van der Waals surface area contributed by atoms with Gasteiger partial charge in [-0.25, -0.2) is 5.41 Å². The first-order valence-electron chi connectivity index (χ1n) is 8.30. The summed E-state index contributed by atoms with van der Waals surface area (Å²) in [5.41, 5.74) is 2.35. The van der Waals surface area contributed by atoms with Gasteiger partial charge in [0.1, 0.15) is 5.38 Å². The van der Waals surface area contributed by atoms with Crippen molar-refractivity contribution in [1.82, 2.24) is 0 Å². The number of hydrogen-bond acceptors (Lipinski definition) is 3. The lowest BCUT2D eigenvalue weighted by molar-refractivity contribution is -0.140. The van der Waals surface area contributed by atoms with Crippen LogP contribution in [0.4, 0.5) is 0 Å². The number of esters is 1. The Kier molecular flexibility index (Phi) is 7.43. The largest absolute Gasteiger partial charge is 1.00 e. The Morgan fingerprint density at radius 3 is 2.36 bits per heavy atom. The Balaban J connectivity index is 0.00000312. The molecule has 2 rings (SSSR count). The molecule has 0 amide bonds. The highest BCUT2D eigenvalue weighted by atomic mass is 35.5. The summed E-state index contributed by atoms with van der Waals surface area (Å²) in [6, 6.07) is 8.30. The van der Waals surface area contributed by atoms with Crippen LogP contribution >= 0.6 is 23.4 Å². The molecule has 3 nitrogen and oxygen atoms in total. The third-order valence-corrected chi connectivity index (χ3v) is 7.03. The third kappa shape index (κ3) is 4.72. The van der Waals surface area contributed by atoms with Crippen LogP contribution in [0.15, 0.2) is 24.3 Å². The van der Waals surface area contributed by atoms with E-state index in [-0.39, 0.29) is 28.5 Å². The van der Waals surface area contributed by atoms with Crippen LogP contribution in [0.25, 0.3) is 0 Å². The molecule has 0 radical (unpaired) electrons. The zero-order chi connectivity index (χ0) is 18.1. The van der Waals surface area contributed by atoms with Gasteiger partial charge in [-0.1, -0.05) is 46.2 Å². The zero-order valence-electron chi connectivity index (χ0n) is 15.4. The van der Waals surface area contributed by atoms with Crippen molar-refractivity contribution in [3.05, 3.63) is 35.4 Å². The number of alkyl halides is 1. The molecular formula is C19H27Cl2NO2S. The van der Waals surface area contributed by atoms with Crippen molar-refractivity contribution in [2.75, 3.05) is 7.11 Å². The highest BCUT2D eigenvalue weighted by molar-refractivity contribution is 8.15. The van der Waals surface area contributed by atoms with Gasteiger partial charge in [-0.05, 0) is 47.2 Å². The van der Waals surface area contributed by atoms with Crippen molar-refractivity contribution < 1.29 is 27.3 Å². The van der Waals surface area contributed by atoms with E-state index in [0.717, 1.165) is 18.4 Å². The second-order valence-corrected chi connectivity index (χ2v) is 9.28. The fourth-order valence-electron chi connectivity index (χ4n) is 3.00. The number of carbonyl (C=O) groups is 1. The van der Waals surface area contributed by atoms with Crippen LogP contribution in [-0.4, -0.2) is 28.2 Å². The minimum atomic E-state index is -0.676. The number of thioether (sulfide) groups is 1. The molecule has 0 aromatic heterocycles. The number of carbonyl (C=O) groups excluding carboxylic acids is 1. The summed E-state index contributed by atoms with van der Waals surface area (Å²) >= 11 is 7.94. The number of benzene rings is 1. The fraction of sp³-hybridized carbons (Fsp3) is 0.579. The van der Waals surface area contributed by atoms with Gasteiger partial charge < -0.3 is 17.1 Å². The van der Waals surface area contributed by atoms with Crippen LogP contribution in [0.2, 0.25) is 0 Å². The maximum absolute atomic E-state index is 11.9. The normalized spacial score (nSPS) is 23.4. The van der Waals surface area contributed by atoms with E-state index in [4.69, 9.17) is 21.7 Å². The molecular weight excluding hydrogens is 377 g/mol. The van der Waals surface area contributed by atoms with Gasteiger partial charge in [0.15, 0.2) is 0 Å². The second kappa shape index (κ2) is 8.32. The smallest absolute Gasteiger partial charge is 0.325 e. The lowest BCUT2D eigenvalue weighted by Crippen LogP contribution is -3.00. The van der Waals surface area contributed by atoms with E-state index < -0.39 is 5.38 Å². The van der Waals surface area contributed by atoms with Crippen LogP contribution in [0.5, 0.6) is 0 Å². The van der Waals surface area contributed by atoms with Gasteiger partial charge in [0.25, 0.3) is 0 Å². The Hall–Kier alpha value is -0.710.